The fraction of sp³-hybridized carbons (Fsp3) is 0.500. The highest BCUT2D eigenvalue weighted by Gasteiger charge is 1.95. The van der Waals surface area contributed by atoms with E-state index in [1.54, 1.807) is 19.5 Å². The molecule has 13 heavy (non-hydrogen) atoms. The van der Waals surface area contributed by atoms with E-state index < -0.39 is 0 Å². The summed E-state index contributed by atoms with van der Waals surface area (Å²) in [5.41, 5.74) is 0. The first-order valence-electron chi connectivity index (χ1n) is 3.92. The minimum atomic E-state index is 0.402. The molecule has 0 radical (unpaired) electrons. The van der Waals surface area contributed by atoms with Crippen LogP contribution in [-0.2, 0) is 4.74 Å². The second kappa shape index (κ2) is 5.88. The fourth-order valence-electron chi connectivity index (χ4n) is 0.742. The minimum absolute atomic E-state index is 0.402. The van der Waals surface area contributed by atoms with Crippen molar-refractivity contribution in [2.24, 2.45) is 0 Å². The molecule has 0 unspecified atom stereocenters. The van der Waals surface area contributed by atoms with Crippen LogP contribution >= 0.6 is 15.9 Å². The number of ether oxygens (including phenoxy) is 2. The van der Waals surface area contributed by atoms with Crippen LogP contribution in [0.15, 0.2) is 16.9 Å². The SMILES string of the molecule is COCCCOc1ncc(Br)cn1. The van der Waals surface area contributed by atoms with Gasteiger partial charge in [-0.15, -0.1) is 0 Å². The average Bonchev–Trinajstić information content (AvgIpc) is 2.15. The summed E-state index contributed by atoms with van der Waals surface area (Å²) in [5, 5.41) is 0. The van der Waals surface area contributed by atoms with Crippen LogP contribution in [0.1, 0.15) is 6.42 Å². The molecule has 72 valence electrons. The monoisotopic (exact) mass is 246 g/mol. The normalized spacial score (nSPS) is 10.0. The van der Waals surface area contributed by atoms with Crippen molar-refractivity contribution in [3.63, 3.8) is 0 Å². The Morgan fingerprint density at radius 2 is 2.00 bits per heavy atom. The molecule has 4 nitrogen and oxygen atoms in total. The van der Waals surface area contributed by atoms with Crippen LogP contribution in [-0.4, -0.2) is 30.3 Å². The molecular formula is C8H11BrN2O2. The van der Waals surface area contributed by atoms with E-state index in [4.69, 9.17) is 9.47 Å². The van der Waals surface area contributed by atoms with Crippen LogP contribution in [0.2, 0.25) is 0 Å². The van der Waals surface area contributed by atoms with Gasteiger partial charge in [-0.2, -0.15) is 0 Å². The second-order valence-corrected chi connectivity index (χ2v) is 3.29. The van der Waals surface area contributed by atoms with Crippen molar-refractivity contribution in [3.8, 4) is 6.01 Å². The van der Waals surface area contributed by atoms with Gasteiger partial charge in [-0.1, -0.05) is 0 Å². The zero-order valence-electron chi connectivity index (χ0n) is 7.36. The molecular weight excluding hydrogens is 236 g/mol. The van der Waals surface area contributed by atoms with Crippen LogP contribution in [0.5, 0.6) is 6.01 Å². The molecule has 1 aromatic heterocycles. The molecule has 0 fully saturated rings. The van der Waals surface area contributed by atoms with Gasteiger partial charge in [0.15, 0.2) is 0 Å². The van der Waals surface area contributed by atoms with Crippen LogP contribution in [0.25, 0.3) is 0 Å². The van der Waals surface area contributed by atoms with Gasteiger partial charge in [0.25, 0.3) is 0 Å². The number of hydrogen-bond acceptors (Lipinski definition) is 4. The van der Waals surface area contributed by atoms with E-state index in [-0.39, 0.29) is 0 Å². The average molecular weight is 247 g/mol. The Kier molecular flexibility index (Phi) is 4.70. The summed E-state index contributed by atoms with van der Waals surface area (Å²) in [6.45, 7) is 1.27. The second-order valence-electron chi connectivity index (χ2n) is 2.38. The molecule has 1 rings (SSSR count). The molecule has 0 aliphatic rings. The third kappa shape index (κ3) is 4.19. The summed E-state index contributed by atoms with van der Waals surface area (Å²) in [5.74, 6) is 0. The largest absolute Gasteiger partial charge is 0.463 e. The first kappa shape index (κ1) is 10.4. The zero-order valence-corrected chi connectivity index (χ0v) is 8.95. The molecule has 0 saturated carbocycles. The van der Waals surface area contributed by atoms with E-state index in [2.05, 4.69) is 25.9 Å². The van der Waals surface area contributed by atoms with Gasteiger partial charge in [0, 0.05) is 32.5 Å². The number of halogens is 1. The van der Waals surface area contributed by atoms with Crippen molar-refractivity contribution in [3.05, 3.63) is 16.9 Å². The van der Waals surface area contributed by atoms with Gasteiger partial charge in [0.2, 0.25) is 0 Å². The van der Waals surface area contributed by atoms with Gasteiger partial charge in [-0.3, -0.25) is 0 Å². The highest BCUT2D eigenvalue weighted by molar-refractivity contribution is 9.10. The molecule has 0 atom stereocenters. The van der Waals surface area contributed by atoms with Crippen molar-refractivity contribution in [2.75, 3.05) is 20.3 Å². The number of rotatable bonds is 5. The molecule has 0 N–H and O–H groups in total. The highest BCUT2D eigenvalue weighted by Crippen LogP contribution is 2.08. The smallest absolute Gasteiger partial charge is 0.316 e. The minimum Gasteiger partial charge on any atom is -0.463 e. The number of methoxy groups -OCH3 is 1. The Labute approximate surface area is 85.4 Å². The van der Waals surface area contributed by atoms with Crippen LogP contribution in [0.3, 0.4) is 0 Å². The lowest BCUT2D eigenvalue weighted by atomic mass is 10.5. The zero-order chi connectivity index (χ0) is 9.52. The predicted molar refractivity (Wildman–Crippen MR) is 51.7 cm³/mol. The number of aromatic nitrogens is 2. The lowest BCUT2D eigenvalue weighted by Crippen LogP contribution is -2.03. The predicted octanol–water partition coefficient (Wildman–Crippen LogP) is 1.65. The van der Waals surface area contributed by atoms with E-state index in [0.29, 0.717) is 19.2 Å². The first-order valence-corrected chi connectivity index (χ1v) is 4.71. The molecule has 5 heteroatoms. The quantitative estimate of drug-likeness (QED) is 0.742. The van der Waals surface area contributed by atoms with Crippen molar-refractivity contribution >= 4 is 15.9 Å². The summed E-state index contributed by atoms with van der Waals surface area (Å²) in [6, 6.07) is 0.402. The van der Waals surface area contributed by atoms with E-state index in [0.717, 1.165) is 10.9 Å². The first-order chi connectivity index (χ1) is 6.33. The van der Waals surface area contributed by atoms with E-state index in [1.807, 2.05) is 0 Å². The van der Waals surface area contributed by atoms with Gasteiger partial charge in [-0.05, 0) is 15.9 Å². The Hall–Kier alpha value is -0.680. The number of hydrogen-bond donors (Lipinski definition) is 0. The van der Waals surface area contributed by atoms with Crippen molar-refractivity contribution in [1.82, 2.24) is 9.97 Å². The molecule has 0 bridgehead atoms. The molecule has 0 aromatic carbocycles. The van der Waals surface area contributed by atoms with Crippen molar-refractivity contribution in [1.29, 1.82) is 0 Å². The summed E-state index contributed by atoms with van der Waals surface area (Å²) in [6.07, 6.45) is 4.15. The molecule has 0 aliphatic carbocycles. The topological polar surface area (TPSA) is 44.2 Å². The maximum absolute atomic E-state index is 5.24. The molecule has 0 aliphatic heterocycles. The van der Waals surface area contributed by atoms with E-state index in [1.165, 1.54) is 0 Å². The summed E-state index contributed by atoms with van der Waals surface area (Å²) >= 11 is 3.24. The Morgan fingerprint density at radius 3 is 2.62 bits per heavy atom. The number of nitrogens with zero attached hydrogens (tertiary/aromatic N) is 2. The Bertz CT molecular complexity index is 240. The van der Waals surface area contributed by atoms with Crippen molar-refractivity contribution < 1.29 is 9.47 Å². The molecule has 0 saturated heterocycles. The standard InChI is InChI=1S/C8H11BrN2O2/c1-12-3-2-4-13-8-10-5-7(9)6-11-8/h5-6H,2-4H2,1H3. The van der Waals surface area contributed by atoms with E-state index >= 15 is 0 Å². The lowest BCUT2D eigenvalue weighted by Gasteiger charge is -2.02. The molecule has 1 heterocycles. The maximum Gasteiger partial charge on any atom is 0.316 e. The third-order valence-electron chi connectivity index (χ3n) is 1.32. The lowest BCUT2D eigenvalue weighted by molar-refractivity contribution is 0.168. The third-order valence-corrected chi connectivity index (χ3v) is 1.73. The fourth-order valence-corrected chi connectivity index (χ4v) is 0.946. The Morgan fingerprint density at radius 1 is 1.31 bits per heavy atom. The van der Waals surface area contributed by atoms with Gasteiger partial charge >= 0.3 is 6.01 Å². The van der Waals surface area contributed by atoms with Gasteiger partial charge < -0.3 is 9.47 Å². The Balaban J connectivity index is 2.25. The molecule has 0 amide bonds. The van der Waals surface area contributed by atoms with Crippen LogP contribution < -0.4 is 4.74 Å². The molecule has 1 aromatic rings. The molecule has 0 spiro atoms. The summed E-state index contributed by atoms with van der Waals surface area (Å²) in [4.78, 5) is 7.91. The van der Waals surface area contributed by atoms with Gasteiger partial charge in [0.1, 0.15) is 0 Å². The van der Waals surface area contributed by atoms with Crippen molar-refractivity contribution in [2.45, 2.75) is 6.42 Å². The summed E-state index contributed by atoms with van der Waals surface area (Å²) < 4.78 is 11.0. The highest BCUT2D eigenvalue weighted by atomic mass is 79.9. The van der Waals surface area contributed by atoms with Crippen LogP contribution in [0, 0.1) is 0 Å². The summed E-state index contributed by atoms with van der Waals surface area (Å²) in [7, 11) is 1.66. The van der Waals surface area contributed by atoms with Crippen LogP contribution in [0.4, 0.5) is 0 Å². The maximum atomic E-state index is 5.24. The van der Waals surface area contributed by atoms with Gasteiger partial charge in [-0.25, -0.2) is 9.97 Å². The van der Waals surface area contributed by atoms with E-state index in [9.17, 15) is 0 Å². The van der Waals surface area contributed by atoms with Gasteiger partial charge in [0.05, 0.1) is 11.1 Å².